The molecule has 2 atom stereocenters. The van der Waals surface area contributed by atoms with Crippen LogP contribution in [-0.4, -0.2) is 28.7 Å². The van der Waals surface area contributed by atoms with Crippen molar-refractivity contribution in [2.45, 2.75) is 50.7 Å². The lowest BCUT2D eigenvalue weighted by atomic mass is 9.48. The van der Waals surface area contributed by atoms with Crippen molar-refractivity contribution in [3.8, 4) is 5.75 Å². The molecule has 0 radical (unpaired) electrons. The summed E-state index contributed by atoms with van der Waals surface area (Å²) in [5, 5.41) is 21.8. The van der Waals surface area contributed by atoms with Crippen molar-refractivity contribution >= 4 is 11.7 Å². The Morgan fingerprint density at radius 3 is 2.58 bits per heavy atom. The highest BCUT2D eigenvalue weighted by Gasteiger charge is 2.60. The van der Waals surface area contributed by atoms with Gasteiger partial charge in [-0.1, -0.05) is 0 Å². The molecule has 140 valence electrons. The van der Waals surface area contributed by atoms with Gasteiger partial charge in [0.05, 0.1) is 23.0 Å². The molecule has 1 aromatic carbocycles. The topological polar surface area (TPSA) is 98.9 Å². The van der Waals surface area contributed by atoms with Gasteiger partial charge in [0, 0.05) is 17.7 Å². The molecular formula is C19H23NO6. The van der Waals surface area contributed by atoms with Crippen LogP contribution in [0.5, 0.6) is 5.75 Å². The lowest BCUT2D eigenvalue weighted by molar-refractivity contribution is -0.385. The third-order valence-electron chi connectivity index (χ3n) is 6.30. The Morgan fingerprint density at radius 1 is 1.31 bits per heavy atom. The van der Waals surface area contributed by atoms with E-state index in [0.29, 0.717) is 29.6 Å². The number of nitro benzene ring substituents is 1. The van der Waals surface area contributed by atoms with E-state index in [2.05, 4.69) is 0 Å². The number of carbonyl (C=O) groups excluding carboxylic acids is 1. The van der Waals surface area contributed by atoms with Crippen LogP contribution in [0.25, 0.3) is 0 Å². The molecule has 26 heavy (non-hydrogen) atoms. The van der Waals surface area contributed by atoms with Crippen LogP contribution in [0, 0.1) is 27.4 Å². The summed E-state index contributed by atoms with van der Waals surface area (Å²) in [6, 6.07) is 4.24. The van der Waals surface area contributed by atoms with Crippen LogP contribution >= 0.6 is 0 Å². The molecule has 1 aromatic rings. The third kappa shape index (κ3) is 2.84. The van der Waals surface area contributed by atoms with Gasteiger partial charge in [-0.05, 0) is 56.4 Å². The lowest BCUT2D eigenvalue weighted by Crippen LogP contribution is -2.58. The molecule has 0 spiro atoms. The molecule has 5 rings (SSSR count). The van der Waals surface area contributed by atoms with Crippen LogP contribution in [-0.2, 0) is 16.1 Å². The molecule has 1 N–H and O–H groups in total. The minimum Gasteiger partial charge on any atom is -0.496 e. The Morgan fingerprint density at radius 2 is 2.00 bits per heavy atom. The summed E-state index contributed by atoms with van der Waals surface area (Å²) < 4.78 is 10.8. The minimum atomic E-state index is -0.730. The Bertz CT molecular complexity index is 746. The quantitative estimate of drug-likeness (QED) is 0.492. The molecule has 7 nitrogen and oxygen atoms in total. The number of nitro groups is 1. The number of nitrogens with zero attached hydrogens (tertiary/aromatic N) is 1. The van der Waals surface area contributed by atoms with Crippen LogP contribution in [0.1, 0.15) is 44.1 Å². The van der Waals surface area contributed by atoms with Gasteiger partial charge >= 0.3 is 5.97 Å². The van der Waals surface area contributed by atoms with Crippen LogP contribution in [0.15, 0.2) is 18.2 Å². The molecule has 0 amide bonds. The van der Waals surface area contributed by atoms with E-state index in [9.17, 15) is 20.0 Å². The van der Waals surface area contributed by atoms with Gasteiger partial charge in [-0.2, -0.15) is 0 Å². The number of rotatable bonds is 5. The highest BCUT2D eigenvalue weighted by atomic mass is 16.6. The largest absolute Gasteiger partial charge is 0.496 e. The van der Waals surface area contributed by atoms with E-state index in [1.54, 1.807) is 0 Å². The monoisotopic (exact) mass is 361 g/mol. The van der Waals surface area contributed by atoms with Gasteiger partial charge in [-0.3, -0.25) is 14.9 Å². The molecule has 4 aliphatic carbocycles. The van der Waals surface area contributed by atoms with E-state index < -0.39 is 15.9 Å². The zero-order chi connectivity index (χ0) is 18.5. The summed E-state index contributed by atoms with van der Waals surface area (Å²) in [5.74, 6) is 0.938. The lowest BCUT2D eigenvalue weighted by Gasteiger charge is -2.58. The van der Waals surface area contributed by atoms with Crippen molar-refractivity contribution in [3.05, 3.63) is 33.9 Å². The van der Waals surface area contributed by atoms with E-state index in [1.807, 2.05) is 0 Å². The van der Waals surface area contributed by atoms with Crippen LogP contribution < -0.4 is 4.74 Å². The van der Waals surface area contributed by atoms with Crippen molar-refractivity contribution in [2.24, 2.45) is 17.3 Å². The normalized spacial score (nSPS) is 34.5. The average molecular weight is 361 g/mol. The SMILES string of the molecule is COc1ccc([N+](=O)[O-])cc1COC(=O)C12CC3CC(CC(O)(C3)C1)C2. The maximum absolute atomic E-state index is 12.9. The summed E-state index contributed by atoms with van der Waals surface area (Å²) >= 11 is 0. The molecule has 0 saturated heterocycles. The second-order valence-corrected chi connectivity index (χ2v) is 8.30. The van der Waals surface area contributed by atoms with E-state index in [1.165, 1.54) is 25.3 Å². The summed E-state index contributed by atoms with van der Waals surface area (Å²) in [7, 11) is 1.47. The molecule has 7 heteroatoms. The zero-order valence-electron chi connectivity index (χ0n) is 14.8. The Hall–Kier alpha value is -2.15. The van der Waals surface area contributed by atoms with Gasteiger partial charge in [0.15, 0.2) is 0 Å². The van der Waals surface area contributed by atoms with Crippen LogP contribution in [0.2, 0.25) is 0 Å². The fraction of sp³-hybridized carbons (Fsp3) is 0.632. The van der Waals surface area contributed by atoms with Crippen molar-refractivity contribution in [3.63, 3.8) is 0 Å². The molecule has 0 aliphatic heterocycles. The van der Waals surface area contributed by atoms with Crippen molar-refractivity contribution in [1.29, 1.82) is 0 Å². The van der Waals surface area contributed by atoms with Gasteiger partial charge in [0.1, 0.15) is 12.4 Å². The first-order valence-electron chi connectivity index (χ1n) is 9.03. The molecule has 4 bridgehead atoms. The number of ether oxygens (including phenoxy) is 2. The molecule has 2 unspecified atom stereocenters. The second-order valence-electron chi connectivity index (χ2n) is 8.30. The summed E-state index contributed by atoms with van der Waals surface area (Å²) in [6.45, 7) is -0.0702. The van der Waals surface area contributed by atoms with Gasteiger partial charge in [0.2, 0.25) is 0 Å². The van der Waals surface area contributed by atoms with Gasteiger partial charge < -0.3 is 14.6 Å². The van der Waals surface area contributed by atoms with E-state index >= 15 is 0 Å². The molecule has 0 aromatic heterocycles. The van der Waals surface area contributed by atoms with E-state index in [-0.39, 0.29) is 18.3 Å². The number of benzene rings is 1. The fourth-order valence-electron chi connectivity index (χ4n) is 5.74. The number of esters is 1. The molecule has 4 saturated carbocycles. The Balaban J connectivity index is 1.51. The van der Waals surface area contributed by atoms with Gasteiger partial charge in [-0.25, -0.2) is 0 Å². The summed E-state index contributed by atoms with van der Waals surface area (Å²) in [5.41, 5.74) is -0.932. The second kappa shape index (κ2) is 5.94. The maximum atomic E-state index is 12.9. The highest BCUT2D eigenvalue weighted by Crippen LogP contribution is 2.62. The summed E-state index contributed by atoms with van der Waals surface area (Å²) in [4.78, 5) is 23.4. The average Bonchev–Trinajstić information content (AvgIpc) is 2.57. The fourth-order valence-corrected chi connectivity index (χ4v) is 5.74. The molecule has 4 fully saturated rings. The molecule has 4 aliphatic rings. The van der Waals surface area contributed by atoms with Crippen molar-refractivity contribution in [2.75, 3.05) is 7.11 Å². The minimum absolute atomic E-state index is 0.0686. The highest BCUT2D eigenvalue weighted by molar-refractivity contribution is 5.78. The Labute approximate surface area is 151 Å². The van der Waals surface area contributed by atoms with E-state index in [0.717, 1.165) is 32.1 Å². The van der Waals surface area contributed by atoms with Gasteiger partial charge in [-0.15, -0.1) is 0 Å². The summed E-state index contributed by atoms with van der Waals surface area (Å²) in [6.07, 6.45) is 4.69. The van der Waals surface area contributed by atoms with E-state index in [4.69, 9.17) is 9.47 Å². The maximum Gasteiger partial charge on any atom is 0.312 e. The predicted octanol–water partition coefficient (Wildman–Crippen LogP) is 2.98. The van der Waals surface area contributed by atoms with Crippen molar-refractivity contribution < 1.29 is 24.3 Å². The first kappa shape index (κ1) is 17.3. The van der Waals surface area contributed by atoms with Crippen LogP contribution in [0.3, 0.4) is 0 Å². The van der Waals surface area contributed by atoms with Gasteiger partial charge in [0.25, 0.3) is 5.69 Å². The number of carbonyl (C=O) groups is 1. The van der Waals surface area contributed by atoms with Crippen LogP contribution in [0.4, 0.5) is 5.69 Å². The first-order valence-corrected chi connectivity index (χ1v) is 9.03. The molecule has 0 heterocycles. The third-order valence-corrected chi connectivity index (χ3v) is 6.30. The standard InChI is InChI=1S/C19H23NO6/c1-25-16-3-2-15(20(23)24)5-14(16)10-26-17(21)18-6-12-4-13(7-18)9-19(22,8-12)11-18/h2-3,5,12-13,22H,4,6-11H2,1H3. The Kier molecular flexibility index (Phi) is 3.95. The molecular weight excluding hydrogens is 338 g/mol. The number of methoxy groups -OCH3 is 1. The smallest absolute Gasteiger partial charge is 0.312 e. The first-order chi connectivity index (χ1) is 12.3. The number of non-ortho nitro benzene ring substituents is 1. The zero-order valence-corrected chi connectivity index (χ0v) is 14.8. The van der Waals surface area contributed by atoms with Crippen molar-refractivity contribution in [1.82, 2.24) is 0 Å². The number of hydrogen-bond acceptors (Lipinski definition) is 6. The predicted molar refractivity (Wildman–Crippen MR) is 91.5 cm³/mol. The number of aliphatic hydroxyl groups is 1. The number of hydrogen-bond donors (Lipinski definition) is 1.